The molecule has 0 fully saturated rings. The Balaban J connectivity index is 0.000000178. The summed E-state index contributed by atoms with van der Waals surface area (Å²) in [6, 6.07) is 18.8. The van der Waals surface area contributed by atoms with Gasteiger partial charge in [0.1, 0.15) is 17.0 Å². The zero-order valence-corrected chi connectivity index (χ0v) is 24.8. The first-order valence-corrected chi connectivity index (χ1v) is 14.6. The fourth-order valence-corrected chi connectivity index (χ4v) is 5.15. The molecule has 4 heterocycles. The van der Waals surface area contributed by atoms with Crippen molar-refractivity contribution in [2.75, 3.05) is 6.26 Å². The number of H-pyrrole nitrogens is 1. The lowest BCUT2D eigenvalue weighted by Gasteiger charge is -2.10. The van der Waals surface area contributed by atoms with Gasteiger partial charge in [0.25, 0.3) is 0 Å². The molecular weight excluding hydrogens is 642 g/mol. The fraction of sp³-hybridized carbons (Fsp3) is 0.172. The normalized spacial score (nSPS) is 11.8. The molecule has 4 aromatic heterocycles. The molecular formula is C29H22F6N6O2S2. The van der Waals surface area contributed by atoms with E-state index in [0.29, 0.717) is 23.5 Å². The molecule has 0 unspecified atom stereocenters. The molecule has 6 aromatic rings. The Morgan fingerprint density at radius 3 is 1.78 bits per heavy atom. The first-order valence-electron chi connectivity index (χ1n) is 13.0. The van der Waals surface area contributed by atoms with Crippen molar-refractivity contribution in [1.82, 2.24) is 29.1 Å². The second kappa shape index (κ2) is 13.2. The van der Waals surface area contributed by atoms with Gasteiger partial charge in [0, 0.05) is 12.4 Å². The summed E-state index contributed by atoms with van der Waals surface area (Å²) >= 11 is 6.73. The third-order valence-electron chi connectivity index (χ3n) is 6.18. The van der Waals surface area contributed by atoms with Gasteiger partial charge in [0.2, 0.25) is 0 Å². The van der Waals surface area contributed by atoms with E-state index < -0.39 is 12.7 Å². The van der Waals surface area contributed by atoms with E-state index in [2.05, 4.69) is 29.4 Å². The Bertz CT molecular complexity index is 1950. The number of aromatic amines is 1. The van der Waals surface area contributed by atoms with Gasteiger partial charge in [-0.3, -0.25) is 9.13 Å². The van der Waals surface area contributed by atoms with Gasteiger partial charge in [-0.2, -0.15) is 0 Å². The molecule has 0 amide bonds. The predicted octanol–water partition coefficient (Wildman–Crippen LogP) is 8.14. The van der Waals surface area contributed by atoms with Gasteiger partial charge < -0.3 is 14.5 Å². The SMILES string of the molecule is CSc1nc2cccnc2n1Cc1ccc(OC(F)(F)F)cc1.FC(F)(F)Oc1ccc(Cn2c(=S)[nH]c3cccnc32)cc1. The number of nitrogens with zero attached hydrogens (tertiary/aromatic N) is 5. The number of hydrogen-bond donors (Lipinski definition) is 1. The van der Waals surface area contributed by atoms with Crippen LogP contribution in [0.2, 0.25) is 0 Å². The Morgan fingerprint density at radius 2 is 1.24 bits per heavy atom. The van der Waals surface area contributed by atoms with Crippen LogP contribution >= 0.6 is 24.0 Å². The summed E-state index contributed by atoms with van der Waals surface area (Å²) in [5.74, 6) is -0.489. The molecule has 0 aliphatic rings. The molecule has 0 saturated heterocycles. The van der Waals surface area contributed by atoms with Crippen LogP contribution in [0.4, 0.5) is 26.3 Å². The van der Waals surface area contributed by atoms with Crippen molar-refractivity contribution in [1.29, 1.82) is 0 Å². The highest BCUT2D eigenvalue weighted by Crippen LogP contribution is 2.26. The topological polar surface area (TPSA) is 82.8 Å². The van der Waals surface area contributed by atoms with Gasteiger partial charge in [0.15, 0.2) is 21.2 Å². The zero-order valence-electron chi connectivity index (χ0n) is 23.1. The maximum Gasteiger partial charge on any atom is 0.573 e. The van der Waals surface area contributed by atoms with Gasteiger partial charge in [-0.25, -0.2) is 15.0 Å². The van der Waals surface area contributed by atoms with Crippen molar-refractivity contribution < 1.29 is 35.8 Å². The maximum absolute atomic E-state index is 12.2. The lowest BCUT2D eigenvalue weighted by molar-refractivity contribution is -0.275. The van der Waals surface area contributed by atoms with Crippen molar-refractivity contribution >= 4 is 46.3 Å². The smallest absolute Gasteiger partial charge is 0.406 e. The second-order valence-corrected chi connectivity index (χ2v) is 10.5. The van der Waals surface area contributed by atoms with Crippen LogP contribution in [0.1, 0.15) is 11.1 Å². The number of alkyl halides is 6. The van der Waals surface area contributed by atoms with Crippen molar-refractivity contribution in [3.8, 4) is 11.5 Å². The highest BCUT2D eigenvalue weighted by Gasteiger charge is 2.31. The van der Waals surface area contributed by atoms with Crippen LogP contribution in [0.25, 0.3) is 22.3 Å². The van der Waals surface area contributed by atoms with Gasteiger partial charge in [-0.15, -0.1) is 26.3 Å². The molecule has 16 heteroatoms. The van der Waals surface area contributed by atoms with E-state index in [1.807, 2.05) is 29.0 Å². The fourth-order valence-electron chi connectivity index (χ4n) is 4.33. The van der Waals surface area contributed by atoms with E-state index in [1.165, 1.54) is 36.0 Å². The van der Waals surface area contributed by atoms with E-state index in [4.69, 9.17) is 12.2 Å². The average molecular weight is 665 g/mol. The first kappa shape index (κ1) is 31.8. The summed E-state index contributed by atoms with van der Waals surface area (Å²) in [6.07, 6.45) is -4.12. The second-order valence-electron chi connectivity index (χ2n) is 9.31. The molecule has 2 aromatic carbocycles. The molecule has 0 aliphatic heterocycles. The highest BCUT2D eigenvalue weighted by atomic mass is 32.2. The number of pyridine rings is 2. The molecule has 0 radical (unpaired) electrons. The number of ether oxygens (including phenoxy) is 2. The van der Waals surface area contributed by atoms with E-state index in [1.54, 1.807) is 47.3 Å². The molecule has 1 N–H and O–H groups in total. The number of aromatic nitrogens is 6. The summed E-state index contributed by atoms with van der Waals surface area (Å²) in [7, 11) is 0. The predicted molar refractivity (Wildman–Crippen MR) is 159 cm³/mol. The van der Waals surface area contributed by atoms with Crippen molar-refractivity contribution in [2.45, 2.75) is 31.0 Å². The zero-order chi connectivity index (χ0) is 32.2. The van der Waals surface area contributed by atoms with Crippen LogP contribution in [0.3, 0.4) is 0 Å². The minimum atomic E-state index is -4.69. The Labute approximate surface area is 260 Å². The lowest BCUT2D eigenvalue weighted by Crippen LogP contribution is -2.17. The molecule has 6 rings (SSSR count). The van der Waals surface area contributed by atoms with Crippen LogP contribution in [-0.4, -0.2) is 48.1 Å². The third kappa shape index (κ3) is 8.33. The highest BCUT2D eigenvalue weighted by molar-refractivity contribution is 7.98. The van der Waals surface area contributed by atoms with Gasteiger partial charge in [0.05, 0.1) is 18.6 Å². The van der Waals surface area contributed by atoms with E-state index in [0.717, 1.165) is 33.0 Å². The minimum Gasteiger partial charge on any atom is -0.406 e. The monoisotopic (exact) mass is 664 g/mol. The Kier molecular flexibility index (Phi) is 9.34. The van der Waals surface area contributed by atoms with Crippen molar-refractivity contribution in [2.24, 2.45) is 0 Å². The van der Waals surface area contributed by atoms with E-state index in [-0.39, 0.29) is 11.5 Å². The largest absolute Gasteiger partial charge is 0.573 e. The summed E-state index contributed by atoms with van der Waals surface area (Å²) in [5, 5.41) is 0.800. The first-order chi connectivity index (χ1) is 21.4. The molecule has 234 valence electrons. The van der Waals surface area contributed by atoms with Crippen LogP contribution in [0.15, 0.2) is 90.3 Å². The average Bonchev–Trinajstić information content (AvgIpc) is 3.50. The van der Waals surface area contributed by atoms with Crippen LogP contribution in [0.5, 0.6) is 11.5 Å². The molecule has 8 nitrogen and oxygen atoms in total. The van der Waals surface area contributed by atoms with Gasteiger partial charge in [-0.1, -0.05) is 36.0 Å². The van der Waals surface area contributed by atoms with Crippen LogP contribution < -0.4 is 9.47 Å². The standard InChI is InChI=1S/C15H12F3N3OS.C14H10F3N3OS/c1-23-14-20-12-3-2-8-19-13(12)21(14)9-10-4-6-11(7-5-10)22-15(16,17)18;15-14(16,17)21-10-5-3-9(4-6-10)8-20-12-11(19-13(20)22)2-1-7-18-12/h2-8H,9H2,1H3;1-7H,8H2,(H,19,22). The molecule has 0 saturated carbocycles. The van der Waals surface area contributed by atoms with Crippen LogP contribution in [0, 0.1) is 4.77 Å². The summed E-state index contributed by atoms with van der Waals surface area (Å²) in [6.45, 7) is 0.873. The van der Waals surface area contributed by atoms with E-state index >= 15 is 0 Å². The van der Waals surface area contributed by atoms with Crippen molar-refractivity contribution in [3.63, 3.8) is 0 Å². The number of nitrogens with one attached hydrogen (secondary N) is 1. The Morgan fingerprint density at radius 1 is 0.733 bits per heavy atom. The number of halogens is 6. The molecule has 0 atom stereocenters. The summed E-state index contributed by atoms with van der Waals surface area (Å²) < 4.78 is 84.8. The third-order valence-corrected chi connectivity index (χ3v) is 7.17. The molecule has 0 bridgehead atoms. The number of rotatable bonds is 7. The number of hydrogen-bond acceptors (Lipinski definition) is 7. The Hall–Kier alpha value is -4.57. The molecule has 45 heavy (non-hydrogen) atoms. The number of benzene rings is 2. The summed E-state index contributed by atoms with van der Waals surface area (Å²) in [4.78, 5) is 16.1. The summed E-state index contributed by atoms with van der Waals surface area (Å²) in [5.41, 5.74) is 4.66. The molecule has 0 aliphatic carbocycles. The number of thioether (sulfide) groups is 1. The van der Waals surface area contributed by atoms with Crippen molar-refractivity contribution in [3.05, 3.63) is 101 Å². The quantitative estimate of drug-likeness (QED) is 0.105. The molecule has 0 spiro atoms. The minimum absolute atomic E-state index is 0.236. The van der Waals surface area contributed by atoms with Gasteiger partial charge in [-0.05, 0) is 78.1 Å². The van der Waals surface area contributed by atoms with Gasteiger partial charge >= 0.3 is 12.7 Å². The lowest BCUT2D eigenvalue weighted by atomic mass is 10.2. The number of fused-ring (bicyclic) bond motifs is 2. The van der Waals surface area contributed by atoms with E-state index in [9.17, 15) is 26.3 Å². The maximum atomic E-state index is 12.2. The van der Waals surface area contributed by atoms with Crippen LogP contribution in [-0.2, 0) is 13.1 Å². The number of imidazole rings is 2.